The van der Waals surface area contributed by atoms with Crippen molar-refractivity contribution in [3.05, 3.63) is 71.8 Å². The Balaban J connectivity index is 2.89. The number of allylic oxidation sites excluding steroid dienone is 3. The number of rotatable bonds is 11. The first kappa shape index (κ1) is 26.7. The van der Waals surface area contributed by atoms with E-state index in [0.717, 1.165) is 18.1 Å². The lowest BCUT2D eigenvalue weighted by Gasteiger charge is -2.16. The molecule has 1 aromatic rings. The van der Waals surface area contributed by atoms with Gasteiger partial charge in [0.1, 0.15) is 23.2 Å². The van der Waals surface area contributed by atoms with Crippen LogP contribution in [0.15, 0.2) is 70.6 Å². The van der Waals surface area contributed by atoms with E-state index in [1.165, 1.54) is 13.1 Å². The lowest BCUT2D eigenvalue weighted by atomic mass is 9.95. The summed E-state index contributed by atoms with van der Waals surface area (Å²) in [7, 11) is 0. The fraction of sp³-hybridized carbons (Fsp3) is 0.417. The highest BCUT2D eigenvalue weighted by Gasteiger charge is 2.33. The van der Waals surface area contributed by atoms with Crippen LogP contribution in [0.4, 0.5) is 13.2 Å². The number of hydrogen-bond donors (Lipinski definition) is 0. The molecule has 0 saturated carbocycles. The van der Waals surface area contributed by atoms with Crippen LogP contribution < -0.4 is 0 Å². The number of alkyl halides is 3. The van der Waals surface area contributed by atoms with Crippen molar-refractivity contribution in [2.75, 3.05) is 0 Å². The standard InChI is InChI=1S/C24H30ClF3N2O/c1-6-9-22(25)29-15-14-18(5)31-16-19-10-12-20(13-11-19)23(17(4)7-2)30-21(8-3)24(26,27)28/h8,10-15,17H,5-7,9,16H2,1-4H3/b15-14-,21-8-,29-22?,30-23?. The molecule has 0 bridgehead atoms. The molecule has 1 atom stereocenters. The van der Waals surface area contributed by atoms with Crippen molar-refractivity contribution < 1.29 is 17.9 Å². The molecule has 0 amide bonds. The molecule has 170 valence electrons. The highest BCUT2D eigenvalue weighted by molar-refractivity contribution is 6.65. The van der Waals surface area contributed by atoms with Crippen LogP contribution >= 0.6 is 11.6 Å². The fourth-order valence-corrected chi connectivity index (χ4v) is 2.79. The molecular weight excluding hydrogens is 425 g/mol. The van der Waals surface area contributed by atoms with Crippen molar-refractivity contribution in [2.45, 2.75) is 59.7 Å². The van der Waals surface area contributed by atoms with E-state index < -0.39 is 11.9 Å². The van der Waals surface area contributed by atoms with Gasteiger partial charge in [-0.1, -0.05) is 69.3 Å². The van der Waals surface area contributed by atoms with Crippen LogP contribution in [0, 0.1) is 5.92 Å². The molecule has 3 nitrogen and oxygen atoms in total. The van der Waals surface area contributed by atoms with Crippen molar-refractivity contribution >= 4 is 22.5 Å². The molecule has 0 aliphatic heterocycles. The van der Waals surface area contributed by atoms with Crippen molar-refractivity contribution in [3.8, 4) is 0 Å². The van der Waals surface area contributed by atoms with E-state index in [1.807, 2.05) is 32.9 Å². The minimum Gasteiger partial charge on any atom is -0.489 e. The first-order valence-corrected chi connectivity index (χ1v) is 10.6. The van der Waals surface area contributed by atoms with Gasteiger partial charge in [0.2, 0.25) is 0 Å². The minimum atomic E-state index is -4.49. The molecule has 7 heteroatoms. The lowest BCUT2D eigenvalue weighted by molar-refractivity contribution is -0.0924. The van der Waals surface area contributed by atoms with Crippen LogP contribution in [0.2, 0.25) is 0 Å². The summed E-state index contributed by atoms with van der Waals surface area (Å²) in [6.45, 7) is 11.2. The molecule has 0 aromatic heterocycles. The topological polar surface area (TPSA) is 34.0 Å². The fourth-order valence-electron chi connectivity index (χ4n) is 2.54. The summed E-state index contributed by atoms with van der Waals surface area (Å²) < 4.78 is 45.0. The van der Waals surface area contributed by atoms with Gasteiger partial charge in [-0.15, -0.1) is 0 Å². The smallest absolute Gasteiger partial charge is 0.433 e. The molecule has 0 saturated heterocycles. The first-order valence-electron chi connectivity index (χ1n) is 10.2. The Bertz CT molecular complexity index is 837. The van der Waals surface area contributed by atoms with Gasteiger partial charge in [-0.3, -0.25) is 0 Å². The highest BCUT2D eigenvalue weighted by Crippen LogP contribution is 2.28. The van der Waals surface area contributed by atoms with Crippen LogP contribution in [0.1, 0.15) is 58.1 Å². The zero-order chi connectivity index (χ0) is 23.4. The van der Waals surface area contributed by atoms with Crippen molar-refractivity contribution in [1.29, 1.82) is 0 Å². The number of hydrogen-bond acceptors (Lipinski definition) is 3. The summed E-state index contributed by atoms with van der Waals surface area (Å²) in [6, 6.07) is 7.15. The van der Waals surface area contributed by atoms with E-state index in [4.69, 9.17) is 16.3 Å². The summed E-state index contributed by atoms with van der Waals surface area (Å²) in [4.78, 5) is 8.02. The summed E-state index contributed by atoms with van der Waals surface area (Å²) in [5, 5.41) is 0.521. The van der Waals surface area contributed by atoms with Gasteiger partial charge in [-0.25, -0.2) is 9.98 Å². The summed E-state index contributed by atoms with van der Waals surface area (Å²) >= 11 is 5.93. The second kappa shape index (κ2) is 13.2. The summed E-state index contributed by atoms with van der Waals surface area (Å²) in [5.74, 6) is 0.308. The number of ether oxygens (including phenoxy) is 1. The highest BCUT2D eigenvalue weighted by atomic mass is 35.5. The Kier molecular flexibility index (Phi) is 11.3. The van der Waals surface area contributed by atoms with Gasteiger partial charge in [-0.2, -0.15) is 13.2 Å². The molecule has 31 heavy (non-hydrogen) atoms. The zero-order valence-electron chi connectivity index (χ0n) is 18.5. The van der Waals surface area contributed by atoms with Crippen LogP contribution in [-0.2, 0) is 11.3 Å². The quantitative estimate of drug-likeness (QED) is 0.189. The molecule has 0 fully saturated rings. The largest absolute Gasteiger partial charge is 0.489 e. The Morgan fingerprint density at radius 2 is 1.87 bits per heavy atom. The summed E-state index contributed by atoms with van der Waals surface area (Å²) in [5.41, 5.74) is 1.03. The van der Waals surface area contributed by atoms with Crippen LogP contribution in [0.25, 0.3) is 0 Å². The van der Waals surface area contributed by atoms with Gasteiger partial charge in [0.05, 0.1) is 5.71 Å². The molecule has 0 heterocycles. The van der Waals surface area contributed by atoms with Crippen molar-refractivity contribution in [2.24, 2.45) is 15.9 Å². The van der Waals surface area contributed by atoms with Gasteiger partial charge in [0.25, 0.3) is 0 Å². The molecule has 1 unspecified atom stereocenters. The predicted molar refractivity (Wildman–Crippen MR) is 124 cm³/mol. The Morgan fingerprint density at radius 1 is 1.23 bits per heavy atom. The third-order valence-electron chi connectivity index (χ3n) is 4.49. The number of aliphatic imine (C=N–C) groups is 2. The second-order valence-electron chi connectivity index (χ2n) is 7.00. The zero-order valence-corrected chi connectivity index (χ0v) is 19.2. The molecule has 0 aliphatic carbocycles. The molecule has 0 radical (unpaired) electrons. The summed E-state index contributed by atoms with van der Waals surface area (Å²) in [6.07, 6.45) is 1.97. The first-order chi connectivity index (χ1) is 14.6. The molecule has 1 aromatic carbocycles. The van der Waals surface area contributed by atoms with Gasteiger partial charge >= 0.3 is 6.18 Å². The van der Waals surface area contributed by atoms with Crippen molar-refractivity contribution in [3.63, 3.8) is 0 Å². The van der Waals surface area contributed by atoms with E-state index in [0.29, 0.717) is 35.0 Å². The maximum absolute atomic E-state index is 13.2. The van der Waals surface area contributed by atoms with Gasteiger partial charge in [0.15, 0.2) is 0 Å². The second-order valence-corrected chi connectivity index (χ2v) is 7.44. The third-order valence-corrected chi connectivity index (χ3v) is 4.78. The Morgan fingerprint density at radius 3 is 2.39 bits per heavy atom. The minimum absolute atomic E-state index is 0.121. The molecule has 0 aliphatic rings. The average Bonchev–Trinajstić information content (AvgIpc) is 2.72. The van der Waals surface area contributed by atoms with E-state index >= 15 is 0 Å². The third kappa shape index (κ3) is 9.55. The molecular formula is C24H30ClF3N2O. The molecule has 1 rings (SSSR count). The predicted octanol–water partition coefficient (Wildman–Crippen LogP) is 7.97. The maximum atomic E-state index is 13.2. The van der Waals surface area contributed by atoms with Crippen LogP contribution in [0.3, 0.4) is 0 Å². The normalized spacial score (nSPS) is 14.8. The van der Waals surface area contributed by atoms with E-state index in [-0.39, 0.29) is 12.5 Å². The lowest BCUT2D eigenvalue weighted by Crippen LogP contribution is -2.17. The van der Waals surface area contributed by atoms with Gasteiger partial charge in [-0.05, 0) is 42.9 Å². The van der Waals surface area contributed by atoms with E-state index in [2.05, 4.69) is 16.6 Å². The molecule has 0 N–H and O–H groups in total. The van der Waals surface area contributed by atoms with Crippen molar-refractivity contribution in [1.82, 2.24) is 0 Å². The average molecular weight is 455 g/mol. The number of nitrogens with zero attached hydrogens (tertiary/aromatic N) is 2. The Hall–Kier alpha value is -2.34. The number of halogens is 4. The van der Waals surface area contributed by atoms with Crippen LogP contribution in [-0.4, -0.2) is 17.1 Å². The van der Waals surface area contributed by atoms with Gasteiger partial charge in [0, 0.05) is 12.6 Å². The molecule has 0 spiro atoms. The maximum Gasteiger partial charge on any atom is 0.433 e. The van der Waals surface area contributed by atoms with E-state index in [1.54, 1.807) is 18.2 Å². The SMILES string of the molecule is C=C(/C=C\N=C(Cl)CCC)OCc1ccc(C(=N/C(=C\C)C(F)(F)F)C(C)CC)cc1. The van der Waals surface area contributed by atoms with Gasteiger partial charge < -0.3 is 4.74 Å². The van der Waals surface area contributed by atoms with Crippen LogP contribution in [0.5, 0.6) is 0 Å². The number of benzene rings is 1. The van der Waals surface area contributed by atoms with E-state index in [9.17, 15) is 13.2 Å². The Labute approximate surface area is 188 Å². The monoisotopic (exact) mass is 454 g/mol.